The summed E-state index contributed by atoms with van der Waals surface area (Å²) in [6.07, 6.45) is 0. The fourth-order valence-corrected chi connectivity index (χ4v) is 4.21. The molecular weight excluding hydrogens is 404 g/mol. The number of hydrogen-bond acceptors (Lipinski definition) is 4. The maximum Gasteiger partial charge on any atom is 0.336 e. The summed E-state index contributed by atoms with van der Waals surface area (Å²) >= 11 is 0. The van der Waals surface area contributed by atoms with Crippen molar-refractivity contribution in [3.8, 4) is 5.75 Å². The average molecular weight is 426 g/mol. The van der Waals surface area contributed by atoms with Crippen LogP contribution in [0.15, 0.2) is 75.9 Å². The first-order valence-electron chi connectivity index (χ1n) is 10.5. The van der Waals surface area contributed by atoms with Gasteiger partial charge in [0.1, 0.15) is 11.3 Å². The molecule has 2 heterocycles. The Bertz CT molecular complexity index is 1540. The Morgan fingerprint density at radius 2 is 1.78 bits per heavy atom. The third kappa shape index (κ3) is 3.50. The fraction of sp³-hybridized carbons (Fsp3) is 0.154. The molecule has 5 rings (SSSR count). The van der Waals surface area contributed by atoms with Crippen LogP contribution < -0.4 is 15.7 Å². The van der Waals surface area contributed by atoms with Crippen molar-refractivity contribution in [2.24, 2.45) is 0 Å². The Labute approximate surface area is 184 Å². The number of fused-ring (bicyclic) bond motifs is 4. The summed E-state index contributed by atoms with van der Waals surface area (Å²) in [5.74, 6) is 0.192. The van der Waals surface area contributed by atoms with Crippen molar-refractivity contribution in [2.75, 3.05) is 11.9 Å². The number of para-hydroxylation sites is 1. The minimum absolute atomic E-state index is 0.156. The summed E-state index contributed by atoms with van der Waals surface area (Å²) in [5, 5.41) is 5.99. The van der Waals surface area contributed by atoms with Gasteiger partial charge >= 0.3 is 5.63 Å². The first-order valence-corrected chi connectivity index (χ1v) is 10.5. The molecule has 0 radical (unpaired) electrons. The zero-order valence-corrected chi connectivity index (χ0v) is 17.8. The summed E-state index contributed by atoms with van der Waals surface area (Å²) in [5.41, 5.74) is 3.88. The van der Waals surface area contributed by atoms with Crippen molar-refractivity contribution in [2.45, 2.75) is 20.4 Å². The molecule has 0 aliphatic rings. The van der Waals surface area contributed by atoms with E-state index in [4.69, 9.17) is 9.15 Å². The van der Waals surface area contributed by atoms with Crippen LogP contribution in [0.3, 0.4) is 0 Å². The van der Waals surface area contributed by atoms with E-state index in [9.17, 15) is 9.59 Å². The van der Waals surface area contributed by atoms with Gasteiger partial charge in [-0.05, 0) is 55.8 Å². The van der Waals surface area contributed by atoms with Crippen LogP contribution in [0.4, 0.5) is 5.69 Å². The number of aryl methyl sites for hydroxylation is 2. The minimum atomic E-state index is -0.412. The van der Waals surface area contributed by atoms with Gasteiger partial charge in [-0.1, -0.05) is 18.2 Å². The van der Waals surface area contributed by atoms with Crippen molar-refractivity contribution in [1.29, 1.82) is 0 Å². The lowest BCUT2D eigenvalue weighted by molar-refractivity contribution is -0.118. The topological polar surface area (TPSA) is 73.5 Å². The van der Waals surface area contributed by atoms with Crippen molar-refractivity contribution in [1.82, 2.24) is 4.57 Å². The van der Waals surface area contributed by atoms with E-state index in [1.165, 1.54) is 11.6 Å². The number of rotatable bonds is 5. The maximum atomic E-state index is 12.5. The molecule has 0 saturated carbocycles. The lowest BCUT2D eigenvalue weighted by Crippen LogP contribution is -2.20. The SMILES string of the molecule is CCn1c2ccccc2c2cc(NC(=O)COc3ccc4c(C)cc(=O)oc4c3)ccc21. The highest BCUT2D eigenvalue weighted by atomic mass is 16.5. The number of nitrogens with one attached hydrogen (secondary N) is 1. The molecule has 0 aliphatic heterocycles. The second-order valence-electron chi connectivity index (χ2n) is 7.74. The van der Waals surface area contributed by atoms with Gasteiger partial charge in [0, 0.05) is 51.6 Å². The van der Waals surface area contributed by atoms with Crippen molar-refractivity contribution >= 4 is 44.4 Å². The summed E-state index contributed by atoms with van der Waals surface area (Å²) in [6.45, 7) is 4.69. The quantitative estimate of drug-likeness (QED) is 0.390. The fourth-order valence-electron chi connectivity index (χ4n) is 4.21. The third-order valence-corrected chi connectivity index (χ3v) is 5.67. The second-order valence-corrected chi connectivity index (χ2v) is 7.74. The predicted molar refractivity (Wildman–Crippen MR) is 126 cm³/mol. The average Bonchev–Trinajstić information content (AvgIpc) is 3.10. The first kappa shape index (κ1) is 19.9. The van der Waals surface area contributed by atoms with Gasteiger partial charge in [-0.2, -0.15) is 0 Å². The molecule has 6 nitrogen and oxygen atoms in total. The molecule has 3 aromatic carbocycles. The van der Waals surface area contributed by atoms with E-state index in [2.05, 4.69) is 28.9 Å². The smallest absolute Gasteiger partial charge is 0.336 e. The van der Waals surface area contributed by atoms with Gasteiger partial charge in [0.15, 0.2) is 6.61 Å². The molecule has 0 aliphatic carbocycles. The number of nitrogens with zero attached hydrogens (tertiary/aromatic N) is 1. The van der Waals surface area contributed by atoms with E-state index in [0.29, 0.717) is 17.0 Å². The Morgan fingerprint density at radius 1 is 0.969 bits per heavy atom. The number of hydrogen-bond donors (Lipinski definition) is 1. The van der Waals surface area contributed by atoms with E-state index >= 15 is 0 Å². The molecule has 0 bridgehead atoms. The Kier molecular flexibility index (Phi) is 4.90. The molecular formula is C26H22N2O4. The molecule has 0 spiro atoms. The van der Waals surface area contributed by atoms with Gasteiger partial charge in [0.2, 0.25) is 0 Å². The molecule has 160 valence electrons. The highest BCUT2D eigenvalue weighted by Gasteiger charge is 2.11. The van der Waals surface area contributed by atoms with Crippen LogP contribution >= 0.6 is 0 Å². The van der Waals surface area contributed by atoms with E-state index in [1.807, 2.05) is 43.3 Å². The van der Waals surface area contributed by atoms with Gasteiger partial charge < -0.3 is 19.0 Å². The van der Waals surface area contributed by atoms with E-state index in [0.717, 1.165) is 33.8 Å². The molecule has 0 saturated heterocycles. The largest absolute Gasteiger partial charge is 0.484 e. The molecule has 0 fully saturated rings. The Balaban J connectivity index is 1.34. The molecule has 5 aromatic rings. The van der Waals surface area contributed by atoms with Crippen LogP contribution in [0.2, 0.25) is 0 Å². The number of anilines is 1. The Hall–Kier alpha value is -4.06. The van der Waals surface area contributed by atoms with Gasteiger partial charge in [0.25, 0.3) is 5.91 Å². The lowest BCUT2D eigenvalue weighted by Gasteiger charge is -2.09. The second kappa shape index (κ2) is 7.89. The van der Waals surface area contributed by atoms with Crippen LogP contribution in [0, 0.1) is 6.92 Å². The summed E-state index contributed by atoms with van der Waals surface area (Å²) in [6, 6.07) is 20.8. The molecule has 1 amide bonds. The minimum Gasteiger partial charge on any atom is -0.484 e. The molecule has 2 aromatic heterocycles. The Morgan fingerprint density at radius 3 is 2.62 bits per heavy atom. The van der Waals surface area contributed by atoms with Gasteiger partial charge in [0.05, 0.1) is 0 Å². The zero-order valence-electron chi connectivity index (χ0n) is 17.8. The van der Waals surface area contributed by atoms with Crippen LogP contribution in [-0.2, 0) is 11.3 Å². The summed E-state index contributed by atoms with van der Waals surface area (Å²) in [7, 11) is 0. The van der Waals surface area contributed by atoms with Gasteiger partial charge in [-0.25, -0.2) is 4.79 Å². The van der Waals surface area contributed by atoms with Crippen molar-refractivity contribution in [3.63, 3.8) is 0 Å². The van der Waals surface area contributed by atoms with Crippen molar-refractivity contribution < 1.29 is 13.9 Å². The van der Waals surface area contributed by atoms with Crippen LogP contribution in [0.1, 0.15) is 12.5 Å². The monoisotopic (exact) mass is 426 g/mol. The van der Waals surface area contributed by atoms with E-state index < -0.39 is 5.63 Å². The van der Waals surface area contributed by atoms with Crippen LogP contribution in [0.5, 0.6) is 5.75 Å². The number of ether oxygens (including phenoxy) is 1. The molecule has 6 heteroatoms. The van der Waals surface area contributed by atoms with Crippen LogP contribution in [-0.4, -0.2) is 17.1 Å². The maximum absolute atomic E-state index is 12.5. The molecule has 32 heavy (non-hydrogen) atoms. The zero-order chi connectivity index (χ0) is 22.2. The number of amides is 1. The lowest BCUT2D eigenvalue weighted by atomic mass is 10.1. The van der Waals surface area contributed by atoms with Crippen LogP contribution in [0.25, 0.3) is 32.8 Å². The summed E-state index contributed by atoms with van der Waals surface area (Å²) < 4.78 is 13.1. The number of aromatic nitrogens is 1. The van der Waals surface area contributed by atoms with Gasteiger partial charge in [-0.15, -0.1) is 0 Å². The third-order valence-electron chi connectivity index (χ3n) is 5.67. The highest BCUT2D eigenvalue weighted by Crippen LogP contribution is 2.31. The normalized spacial score (nSPS) is 11.3. The van der Waals surface area contributed by atoms with E-state index in [-0.39, 0.29) is 12.5 Å². The molecule has 1 N–H and O–H groups in total. The highest BCUT2D eigenvalue weighted by molar-refractivity contribution is 6.09. The first-order chi connectivity index (χ1) is 15.5. The molecule has 0 unspecified atom stereocenters. The number of benzene rings is 3. The number of carbonyl (C=O) groups is 1. The molecule has 0 atom stereocenters. The van der Waals surface area contributed by atoms with Crippen molar-refractivity contribution in [3.05, 3.63) is 82.7 Å². The van der Waals surface area contributed by atoms with E-state index in [1.54, 1.807) is 12.1 Å². The summed E-state index contributed by atoms with van der Waals surface area (Å²) in [4.78, 5) is 24.1. The predicted octanol–water partition coefficient (Wildman–Crippen LogP) is 5.25. The number of carbonyl (C=O) groups excluding carboxylic acids is 1. The standard InChI is InChI=1S/C26H22N2O4/c1-3-28-22-7-5-4-6-20(22)21-13-17(8-11-23(21)28)27-25(29)15-31-18-9-10-19-16(2)12-26(30)32-24(19)14-18/h4-14H,3,15H2,1-2H3,(H,27,29). The van der Waals surface area contributed by atoms with Gasteiger partial charge in [-0.3, -0.25) is 4.79 Å².